The van der Waals surface area contributed by atoms with Crippen LogP contribution in [0.2, 0.25) is 0 Å². The van der Waals surface area contributed by atoms with E-state index in [1.807, 2.05) is 76.2 Å². The van der Waals surface area contributed by atoms with E-state index in [0.29, 0.717) is 25.1 Å². The standard InChI is InChI=1S/C25H34N2O2S/c1-5-22(24(29)26-25(2,3)4)27(18-16-20-12-8-6-9-13-20)23(28)17-19-30-21-14-10-7-11-15-21/h6-15,22H,5,16-19H2,1-4H3,(H,26,29)/t22-/m0/s1. The lowest BCUT2D eigenvalue weighted by Crippen LogP contribution is -2.54. The van der Waals surface area contributed by atoms with Gasteiger partial charge in [-0.1, -0.05) is 55.5 Å². The third kappa shape index (κ3) is 8.23. The predicted octanol–water partition coefficient (Wildman–Crippen LogP) is 4.93. The van der Waals surface area contributed by atoms with E-state index in [1.165, 1.54) is 5.56 Å². The Morgan fingerprint density at radius 2 is 1.60 bits per heavy atom. The second kappa shape index (κ2) is 11.8. The topological polar surface area (TPSA) is 49.4 Å². The van der Waals surface area contributed by atoms with E-state index in [0.717, 1.165) is 11.3 Å². The number of carbonyl (C=O) groups is 2. The van der Waals surface area contributed by atoms with E-state index >= 15 is 0 Å². The fourth-order valence-corrected chi connectivity index (χ4v) is 4.13. The van der Waals surface area contributed by atoms with E-state index < -0.39 is 6.04 Å². The molecule has 162 valence electrons. The summed E-state index contributed by atoms with van der Waals surface area (Å²) in [7, 11) is 0. The number of amides is 2. The molecule has 1 N–H and O–H groups in total. The molecule has 0 aliphatic heterocycles. The molecule has 0 bridgehead atoms. The first kappa shape index (κ1) is 24.0. The van der Waals surface area contributed by atoms with Crippen molar-refractivity contribution in [3.05, 3.63) is 66.2 Å². The molecule has 0 saturated carbocycles. The average Bonchev–Trinajstić information content (AvgIpc) is 2.71. The van der Waals surface area contributed by atoms with Gasteiger partial charge in [-0.15, -0.1) is 11.8 Å². The largest absolute Gasteiger partial charge is 0.350 e. The van der Waals surface area contributed by atoms with Crippen LogP contribution < -0.4 is 5.32 Å². The quantitative estimate of drug-likeness (QED) is 0.548. The molecule has 2 amide bonds. The van der Waals surface area contributed by atoms with Gasteiger partial charge in [-0.3, -0.25) is 9.59 Å². The smallest absolute Gasteiger partial charge is 0.243 e. The Labute approximate surface area is 185 Å². The van der Waals surface area contributed by atoms with Crippen molar-refractivity contribution in [2.75, 3.05) is 12.3 Å². The average molecular weight is 427 g/mol. The molecule has 0 saturated heterocycles. The molecule has 0 unspecified atom stereocenters. The summed E-state index contributed by atoms with van der Waals surface area (Å²) in [5, 5.41) is 3.05. The molecule has 1 atom stereocenters. The molecule has 4 nitrogen and oxygen atoms in total. The highest BCUT2D eigenvalue weighted by atomic mass is 32.2. The van der Waals surface area contributed by atoms with Crippen molar-refractivity contribution in [2.24, 2.45) is 0 Å². The van der Waals surface area contributed by atoms with Gasteiger partial charge in [0, 0.05) is 29.2 Å². The molecule has 0 spiro atoms. The fourth-order valence-electron chi connectivity index (χ4n) is 3.27. The lowest BCUT2D eigenvalue weighted by atomic mass is 10.1. The molecule has 5 heteroatoms. The first-order valence-electron chi connectivity index (χ1n) is 10.6. The molecule has 0 heterocycles. The van der Waals surface area contributed by atoms with E-state index in [9.17, 15) is 9.59 Å². The maximum atomic E-state index is 13.2. The molecular formula is C25H34N2O2S. The normalized spacial score (nSPS) is 12.3. The summed E-state index contributed by atoms with van der Waals surface area (Å²) in [6.07, 6.45) is 1.74. The van der Waals surface area contributed by atoms with Crippen LogP contribution in [0, 0.1) is 0 Å². The summed E-state index contributed by atoms with van der Waals surface area (Å²) < 4.78 is 0. The Balaban J connectivity index is 2.07. The second-order valence-electron chi connectivity index (χ2n) is 8.40. The Bertz CT molecular complexity index is 788. The number of thioether (sulfide) groups is 1. The van der Waals surface area contributed by atoms with E-state index in [4.69, 9.17) is 0 Å². The molecule has 2 rings (SSSR count). The van der Waals surface area contributed by atoms with Crippen LogP contribution in [0.25, 0.3) is 0 Å². The van der Waals surface area contributed by atoms with Crippen molar-refractivity contribution in [2.45, 2.75) is 63.4 Å². The molecule has 0 aromatic heterocycles. The first-order chi connectivity index (χ1) is 14.3. The highest BCUT2D eigenvalue weighted by molar-refractivity contribution is 7.99. The third-order valence-electron chi connectivity index (χ3n) is 4.70. The summed E-state index contributed by atoms with van der Waals surface area (Å²) in [5.74, 6) is 0.648. The summed E-state index contributed by atoms with van der Waals surface area (Å²) in [6, 6.07) is 19.7. The van der Waals surface area contributed by atoms with Crippen molar-refractivity contribution in [1.82, 2.24) is 10.2 Å². The van der Waals surface area contributed by atoms with Gasteiger partial charge < -0.3 is 10.2 Å². The fraction of sp³-hybridized carbons (Fsp3) is 0.440. The van der Waals surface area contributed by atoms with Crippen LogP contribution in [0.15, 0.2) is 65.6 Å². The van der Waals surface area contributed by atoms with Gasteiger partial charge in [-0.05, 0) is 51.3 Å². The van der Waals surface area contributed by atoms with E-state index in [2.05, 4.69) is 17.4 Å². The zero-order valence-corrected chi connectivity index (χ0v) is 19.4. The van der Waals surface area contributed by atoms with Crippen molar-refractivity contribution < 1.29 is 9.59 Å². The van der Waals surface area contributed by atoms with Crippen LogP contribution in [-0.4, -0.2) is 40.6 Å². The number of nitrogens with zero attached hydrogens (tertiary/aromatic N) is 1. The number of rotatable bonds is 10. The molecule has 2 aromatic carbocycles. The molecule has 0 aliphatic carbocycles. The molecule has 2 aromatic rings. The molecule has 0 fully saturated rings. The zero-order chi connectivity index (χ0) is 22.0. The van der Waals surface area contributed by atoms with Gasteiger partial charge >= 0.3 is 0 Å². The second-order valence-corrected chi connectivity index (χ2v) is 9.57. The van der Waals surface area contributed by atoms with E-state index in [-0.39, 0.29) is 17.4 Å². The van der Waals surface area contributed by atoms with Gasteiger partial charge in [0.2, 0.25) is 11.8 Å². The first-order valence-corrected chi connectivity index (χ1v) is 11.6. The van der Waals surface area contributed by atoms with Gasteiger partial charge in [-0.25, -0.2) is 0 Å². The number of hydrogen-bond donors (Lipinski definition) is 1. The van der Waals surface area contributed by atoms with Gasteiger partial charge in [0.25, 0.3) is 0 Å². The SMILES string of the molecule is CC[C@@H](C(=O)NC(C)(C)C)N(CCc1ccccc1)C(=O)CCSc1ccccc1. The predicted molar refractivity (Wildman–Crippen MR) is 126 cm³/mol. The van der Waals surface area contributed by atoms with Crippen molar-refractivity contribution in [1.29, 1.82) is 0 Å². The molecule has 0 aliphatic rings. The minimum Gasteiger partial charge on any atom is -0.350 e. The zero-order valence-electron chi connectivity index (χ0n) is 18.6. The lowest BCUT2D eigenvalue weighted by molar-refractivity contribution is -0.141. The highest BCUT2D eigenvalue weighted by Crippen LogP contribution is 2.19. The summed E-state index contributed by atoms with van der Waals surface area (Å²) in [5.41, 5.74) is 0.835. The molecular weight excluding hydrogens is 392 g/mol. The highest BCUT2D eigenvalue weighted by Gasteiger charge is 2.30. The molecule has 0 radical (unpaired) electrons. The summed E-state index contributed by atoms with van der Waals surface area (Å²) >= 11 is 1.67. The third-order valence-corrected chi connectivity index (χ3v) is 5.71. The van der Waals surface area contributed by atoms with Crippen LogP contribution in [-0.2, 0) is 16.0 Å². The van der Waals surface area contributed by atoms with Crippen molar-refractivity contribution in [3.8, 4) is 0 Å². The van der Waals surface area contributed by atoms with Gasteiger partial charge in [-0.2, -0.15) is 0 Å². The Kier molecular flexibility index (Phi) is 9.44. The van der Waals surface area contributed by atoms with Crippen LogP contribution in [0.5, 0.6) is 0 Å². The number of nitrogens with one attached hydrogen (secondary N) is 1. The van der Waals surface area contributed by atoms with Crippen LogP contribution in [0.3, 0.4) is 0 Å². The Hall–Kier alpha value is -2.27. The summed E-state index contributed by atoms with van der Waals surface area (Å²) in [4.78, 5) is 29.0. The van der Waals surface area contributed by atoms with Gasteiger partial charge in [0.15, 0.2) is 0 Å². The van der Waals surface area contributed by atoms with Crippen LogP contribution in [0.4, 0.5) is 0 Å². The minimum absolute atomic E-state index is 0.0327. The number of hydrogen-bond acceptors (Lipinski definition) is 3. The molecule has 30 heavy (non-hydrogen) atoms. The van der Waals surface area contributed by atoms with Crippen LogP contribution >= 0.6 is 11.8 Å². The Morgan fingerprint density at radius 1 is 1.00 bits per heavy atom. The lowest BCUT2D eigenvalue weighted by Gasteiger charge is -2.33. The number of carbonyl (C=O) groups excluding carboxylic acids is 2. The summed E-state index contributed by atoms with van der Waals surface area (Å²) in [6.45, 7) is 8.39. The monoisotopic (exact) mass is 426 g/mol. The van der Waals surface area contributed by atoms with Crippen molar-refractivity contribution >= 4 is 23.6 Å². The Morgan fingerprint density at radius 3 is 2.17 bits per heavy atom. The van der Waals surface area contributed by atoms with Crippen LogP contribution in [0.1, 0.15) is 46.1 Å². The maximum absolute atomic E-state index is 13.2. The van der Waals surface area contributed by atoms with Crippen molar-refractivity contribution in [3.63, 3.8) is 0 Å². The van der Waals surface area contributed by atoms with Gasteiger partial charge in [0.1, 0.15) is 6.04 Å². The van der Waals surface area contributed by atoms with Gasteiger partial charge in [0.05, 0.1) is 0 Å². The minimum atomic E-state index is -0.456. The van der Waals surface area contributed by atoms with E-state index in [1.54, 1.807) is 16.7 Å². The maximum Gasteiger partial charge on any atom is 0.243 e. The number of benzene rings is 2.